The van der Waals surface area contributed by atoms with E-state index < -0.39 is 0 Å². The fourth-order valence-corrected chi connectivity index (χ4v) is 4.19. The molecule has 0 saturated carbocycles. The van der Waals surface area contributed by atoms with Crippen LogP contribution in [0.1, 0.15) is 33.6 Å². The van der Waals surface area contributed by atoms with Crippen molar-refractivity contribution in [3.63, 3.8) is 0 Å². The zero-order valence-corrected chi connectivity index (χ0v) is 13.7. The number of hydrogen-bond acceptors (Lipinski definition) is 3. The maximum Gasteiger partial charge on any atom is 0.115 e. The first kappa shape index (κ1) is 13.6. The van der Waals surface area contributed by atoms with Gasteiger partial charge in [-0.05, 0) is 59.9 Å². The van der Waals surface area contributed by atoms with E-state index in [1.165, 1.54) is 23.4 Å². The van der Waals surface area contributed by atoms with Crippen molar-refractivity contribution >= 4 is 38.9 Å². The highest BCUT2D eigenvalue weighted by molar-refractivity contribution is 9.10. The normalized spacial score (nSPS) is 15.5. The topological polar surface area (TPSA) is 24.9 Å². The fourth-order valence-electron chi connectivity index (χ4n) is 2.46. The highest BCUT2D eigenvalue weighted by Gasteiger charge is 2.22. The van der Waals surface area contributed by atoms with Crippen LogP contribution in [0.15, 0.2) is 22.7 Å². The van der Waals surface area contributed by atoms with Crippen LogP contribution in [-0.4, -0.2) is 12.0 Å². The summed E-state index contributed by atoms with van der Waals surface area (Å²) in [6.07, 6.45) is 3.57. The van der Waals surface area contributed by atoms with Crippen LogP contribution >= 0.6 is 38.9 Å². The van der Waals surface area contributed by atoms with E-state index >= 15 is 0 Å². The van der Waals surface area contributed by atoms with E-state index in [-0.39, 0.29) is 6.04 Å². The largest absolute Gasteiger partial charge is 0.307 e. The first-order chi connectivity index (χ1) is 9.19. The van der Waals surface area contributed by atoms with Crippen LogP contribution in [-0.2, 0) is 12.8 Å². The molecular formula is C14H14BrClN2S. The first-order valence-electron chi connectivity index (χ1n) is 6.29. The molecule has 0 radical (unpaired) electrons. The molecule has 1 atom stereocenters. The quantitative estimate of drug-likeness (QED) is 0.883. The molecule has 1 aliphatic rings. The maximum absolute atomic E-state index is 6.19. The van der Waals surface area contributed by atoms with Crippen LogP contribution in [0.3, 0.4) is 0 Å². The van der Waals surface area contributed by atoms with Gasteiger partial charge >= 0.3 is 0 Å². The molecule has 19 heavy (non-hydrogen) atoms. The maximum atomic E-state index is 6.19. The number of fused-ring (bicyclic) bond motifs is 1. The molecule has 1 aromatic carbocycles. The molecule has 1 heterocycles. The minimum atomic E-state index is 0.126. The molecule has 0 spiro atoms. The van der Waals surface area contributed by atoms with Gasteiger partial charge in [-0.15, -0.1) is 11.3 Å². The van der Waals surface area contributed by atoms with E-state index in [2.05, 4.69) is 27.3 Å². The van der Waals surface area contributed by atoms with Gasteiger partial charge in [-0.3, -0.25) is 0 Å². The lowest BCUT2D eigenvalue weighted by Crippen LogP contribution is -2.17. The second kappa shape index (κ2) is 5.52. The molecule has 0 amide bonds. The number of thiazole rings is 1. The summed E-state index contributed by atoms with van der Waals surface area (Å²) in [6, 6.07) is 6.20. The molecule has 5 heteroatoms. The minimum Gasteiger partial charge on any atom is -0.307 e. The monoisotopic (exact) mass is 356 g/mol. The third-order valence-corrected chi connectivity index (χ3v) is 5.88. The Morgan fingerprint density at radius 3 is 2.95 bits per heavy atom. The summed E-state index contributed by atoms with van der Waals surface area (Å²) in [6.45, 7) is 0. The summed E-state index contributed by atoms with van der Waals surface area (Å²) < 4.78 is 0.925. The van der Waals surface area contributed by atoms with Gasteiger partial charge in [-0.25, -0.2) is 4.98 Å². The Morgan fingerprint density at radius 1 is 1.42 bits per heavy atom. The molecule has 1 unspecified atom stereocenters. The van der Waals surface area contributed by atoms with Gasteiger partial charge in [0, 0.05) is 9.35 Å². The molecule has 1 aromatic heterocycles. The predicted octanol–water partition coefficient (Wildman–Crippen LogP) is 4.36. The smallest absolute Gasteiger partial charge is 0.115 e. The standard InChI is InChI=1S/C14H14BrClN2S/c1-17-13(8-5-6-9(15)10(16)7-8)14-18-11-3-2-4-12(11)19-14/h5-7,13,17H,2-4H2,1H3. The molecule has 0 saturated heterocycles. The van der Waals surface area contributed by atoms with Gasteiger partial charge in [-0.2, -0.15) is 0 Å². The fraction of sp³-hybridized carbons (Fsp3) is 0.357. The van der Waals surface area contributed by atoms with Gasteiger partial charge in [0.2, 0.25) is 0 Å². The summed E-state index contributed by atoms with van der Waals surface area (Å²) >= 11 is 11.4. The number of nitrogens with one attached hydrogen (secondary N) is 1. The average molecular weight is 358 g/mol. The number of aryl methyl sites for hydroxylation is 2. The molecule has 0 fully saturated rings. The van der Waals surface area contributed by atoms with E-state index in [4.69, 9.17) is 16.6 Å². The van der Waals surface area contributed by atoms with Crippen molar-refractivity contribution in [2.24, 2.45) is 0 Å². The molecule has 2 nitrogen and oxygen atoms in total. The van der Waals surface area contributed by atoms with Crippen molar-refractivity contribution in [3.8, 4) is 0 Å². The van der Waals surface area contributed by atoms with E-state index in [9.17, 15) is 0 Å². The van der Waals surface area contributed by atoms with Crippen molar-refractivity contribution < 1.29 is 0 Å². The van der Waals surface area contributed by atoms with Crippen LogP contribution < -0.4 is 5.32 Å². The first-order valence-corrected chi connectivity index (χ1v) is 8.28. The van der Waals surface area contributed by atoms with Crippen molar-refractivity contribution in [2.75, 3.05) is 7.05 Å². The molecule has 0 bridgehead atoms. The highest BCUT2D eigenvalue weighted by atomic mass is 79.9. The predicted molar refractivity (Wildman–Crippen MR) is 84.2 cm³/mol. The molecule has 1 aliphatic carbocycles. The lowest BCUT2D eigenvalue weighted by atomic mass is 10.1. The van der Waals surface area contributed by atoms with Gasteiger partial charge < -0.3 is 5.32 Å². The Bertz CT molecular complexity index is 590. The molecule has 1 N–H and O–H groups in total. The third-order valence-electron chi connectivity index (χ3n) is 3.42. The molecule has 100 valence electrons. The molecular weight excluding hydrogens is 344 g/mol. The SMILES string of the molecule is CNC(c1ccc(Br)c(Cl)c1)c1nc2c(s1)CCC2. The van der Waals surface area contributed by atoms with Crippen LogP contribution in [0.25, 0.3) is 0 Å². The Morgan fingerprint density at radius 2 is 2.26 bits per heavy atom. The van der Waals surface area contributed by atoms with Gasteiger partial charge in [-0.1, -0.05) is 17.7 Å². The third kappa shape index (κ3) is 2.59. The van der Waals surface area contributed by atoms with Crippen LogP contribution in [0.5, 0.6) is 0 Å². The van der Waals surface area contributed by atoms with Crippen LogP contribution in [0.2, 0.25) is 5.02 Å². The summed E-state index contributed by atoms with van der Waals surface area (Å²) in [4.78, 5) is 6.25. The van der Waals surface area contributed by atoms with E-state index in [1.54, 1.807) is 0 Å². The van der Waals surface area contributed by atoms with E-state index in [1.807, 2.05) is 30.5 Å². The Kier molecular flexibility index (Phi) is 3.94. The summed E-state index contributed by atoms with van der Waals surface area (Å²) in [5.74, 6) is 0. The summed E-state index contributed by atoms with van der Waals surface area (Å²) in [5.41, 5.74) is 2.45. The number of rotatable bonds is 3. The number of benzene rings is 1. The zero-order valence-electron chi connectivity index (χ0n) is 10.5. The number of hydrogen-bond donors (Lipinski definition) is 1. The average Bonchev–Trinajstić information content (AvgIpc) is 2.95. The van der Waals surface area contributed by atoms with Crippen molar-refractivity contribution in [3.05, 3.63) is 48.8 Å². The van der Waals surface area contributed by atoms with E-state index in [0.717, 1.165) is 26.5 Å². The lowest BCUT2D eigenvalue weighted by Gasteiger charge is -2.14. The van der Waals surface area contributed by atoms with Gasteiger partial charge in [0.25, 0.3) is 0 Å². The summed E-state index contributed by atoms with van der Waals surface area (Å²) in [5, 5.41) is 5.23. The van der Waals surface area contributed by atoms with Crippen LogP contribution in [0, 0.1) is 0 Å². The zero-order chi connectivity index (χ0) is 13.4. The van der Waals surface area contributed by atoms with Gasteiger partial charge in [0.05, 0.1) is 16.8 Å². The Labute approximate surface area is 130 Å². The number of halogens is 2. The van der Waals surface area contributed by atoms with Gasteiger partial charge in [0.1, 0.15) is 5.01 Å². The van der Waals surface area contributed by atoms with Crippen molar-refractivity contribution in [1.29, 1.82) is 0 Å². The van der Waals surface area contributed by atoms with Crippen molar-refractivity contribution in [1.82, 2.24) is 10.3 Å². The van der Waals surface area contributed by atoms with Gasteiger partial charge in [0.15, 0.2) is 0 Å². The number of nitrogens with zero attached hydrogens (tertiary/aromatic N) is 1. The molecule has 2 aromatic rings. The second-order valence-electron chi connectivity index (χ2n) is 4.67. The Hall–Kier alpha value is -0.420. The second-order valence-corrected chi connectivity index (χ2v) is 7.05. The highest BCUT2D eigenvalue weighted by Crippen LogP contribution is 2.34. The van der Waals surface area contributed by atoms with Crippen LogP contribution in [0.4, 0.5) is 0 Å². The number of aromatic nitrogens is 1. The minimum absolute atomic E-state index is 0.126. The molecule has 0 aliphatic heterocycles. The Balaban J connectivity index is 1.96. The van der Waals surface area contributed by atoms with E-state index in [0.29, 0.717) is 0 Å². The summed E-state index contributed by atoms with van der Waals surface area (Å²) in [7, 11) is 1.97. The molecule has 3 rings (SSSR count). The lowest BCUT2D eigenvalue weighted by molar-refractivity contribution is 0.682. The van der Waals surface area contributed by atoms with Crippen molar-refractivity contribution in [2.45, 2.75) is 25.3 Å².